The predicted molar refractivity (Wildman–Crippen MR) is 64.7 cm³/mol. The Hall–Kier alpha value is -0.820. The van der Waals surface area contributed by atoms with Crippen LogP contribution in [0.4, 0.5) is 0 Å². The monoisotopic (exact) mass is 248 g/mol. The van der Waals surface area contributed by atoms with Crippen molar-refractivity contribution in [2.45, 2.75) is 38.8 Å². The summed E-state index contributed by atoms with van der Waals surface area (Å²) in [6.07, 6.45) is 1.47. The Morgan fingerprint density at radius 2 is 2.19 bits per heavy atom. The Morgan fingerprint density at radius 1 is 1.50 bits per heavy atom. The molecule has 0 bridgehead atoms. The van der Waals surface area contributed by atoms with E-state index < -0.39 is 9.84 Å². The molecule has 1 saturated heterocycles. The van der Waals surface area contributed by atoms with Gasteiger partial charge < -0.3 is 5.32 Å². The molecule has 0 saturated carbocycles. The highest BCUT2D eigenvalue weighted by Crippen LogP contribution is 2.14. The van der Waals surface area contributed by atoms with Gasteiger partial charge in [-0.15, -0.1) is 0 Å². The minimum atomic E-state index is -2.92. The molecule has 0 aliphatic carbocycles. The summed E-state index contributed by atoms with van der Waals surface area (Å²) in [5, 5.41) is 3.02. The summed E-state index contributed by atoms with van der Waals surface area (Å²) in [7, 11) is -2.92. The van der Waals surface area contributed by atoms with Crippen molar-refractivity contribution in [3.63, 3.8) is 0 Å². The smallest absolute Gasteiger partial charge is 0.206 e. The first-order chi connectivity index (χ1) is 7.43. The van der Waals surface area contributed by atoms with Crippen molar-refractivity contribution < 1.29 is 8.42 Å². The second kappa shape index (κ2) is 5.49. The SMILES string of the molecule is CC(C)NC(=NC1CCCS(=O)(=O)C1)NN. The third-order valence-electron chi connectivity index (χ3n) is 2.31. The summed E-state index contributed by atoms with van der Waals surface area (Å²) in [6.45, 7) is 3.93. The molecular formula is C9H20N4O2S. The van der Waals surface area contributed by atoms with Crippen LogP contribution in [0.5, 0.6) is 0 Å². The average molecular weight is 248 g/mol. The second-order valence-corrected chi connectivity index (χ2v) is 6.56. The first-order valence-electron chi connectivity index (χ1n) is 5.44. The molecule has 0 aromatic heterocycles. The normalized spacial score (nSPS) is 25.5. The Labute approximate surface area is 96.6 Å². The van der Waals surface area contributed by atoms with Gasteiger partial charge in [0.05, 0.1) is 17.5 Å². The van der Waals surface area contributed by atoms with Gasteiger partial charge in [0.25, 0.3) is 0 Å². The van der Waals surface area contributed by atoms with Gasteiger partial charge in [-0.3, -0.25) is 5.43 Å². The number of hydrazine groups is 1. The number of hydrogen-bond acceptors (Lipinski definition) is 4. The van der Waals surface area contributed by atoms with Gasteiger partial charge in [0.1, 0.15) is 0 Å². The minimum absolute atomic E-state index is 0.123. The molecule has 7 heteroatoms. The van der Waals surface area contributed by atoms with Crippen molar-refractivity contribution in [1.82, 2.24) is 10.7 Å². The van der Waals surface area contributed by atoms with Crippen LogP contribution in [-0.4, -0.2) is 38.0 Å². The number of hydrogen-bond donors (Lipinski definition) is 3. The van der Waals surface area contributed by atoms with Crippen LogP contribution in [0.25, 0.3) is 0 Å². The van der Waals surface area contributed by atoms with E-state index in [9.17, 15) is 8.42 Å². The molecule has 0 aromatic rings. The maximum absolute atomic E-state index is 11.4. The maximum atomic E-state index is 11.4. The highest BCUT2D eigenvalue weighted by molar-refractivity contribution is 7.91. The number of guanidine groups is 1. The molecule has 1 fully saturated rings. The Balaban J connectivity index is 2.65. The third kappa shape index (κ3) is 4.36. The first kappa shape index (κ1) is 13.2. The van der Waals surface area contributed by atoms with E-state index in [-0.39, 0.29) is 23.6 Å². The van der Waals surface area contributed by atoms with Gasteiger partial charge in [0.2, 0.25) is 5.96 Å². The summed E-state index contributed by atoms with van der Waals surface area (Å²) in [5.74, 6) is 6.17. The van der Waals surface area contributed by atoms with E-state index in [1.165, 1.54) is 0 Å². The summed E-state index contributed by atoms with van der Waals surface area (Å²) in [4.78, 5) is 4.28. The average Bonchev–Trinajstić information content (AvgIpc) is 2.14. The van der Waals surface area contributed by atoms with Crippen LogP contribution < -0.4 is 16.6 Å². The van der Waals surface area contributed by atoms with Crippen LogP contribution in [0.2, 0.25) is 0 Å². The largest absolute Gasteiger partial charge is 0.353 e. The van der Waals surface area contributed by atoms with Crippen LogP contribution in [0.3, 0.4) is 0 Å². The van der Waals surface area contributed by atoms with Crippen LogP contribution in [0.1, 0.15) is 26.7 Å². The van der Waals surface area contributed by atoms with E-state index in [4.69, 9.17) is 5.84 Å². The molecule has 1 unspecified atom stereocenters. The molecule has 0 aromatic carbocycles. The van der Waals surface area contributed by atoms with E-state index in [0.29, 0.717) is 12.4 Å². The number of nitrogens with one attached hydrogen (secondary N) is 2. The molecule has 1 rings (SSSR count). The number of sulfone groups is 1. The molecule has 0 spiro atoms. The molecule has 16 heavy (non-hydrogen) atoms. The molecule has 1 atom stereocenters. The van der Waals surface area contributed by atoms with Crippen molar-refractivity contribution in [3.05, 3.63) is 0 Å². The van der Waals surface area contributed by atoms with Gasteiger partial charge >= 0.3 is 0 Å². The fourth-order valence-corrected chi connectivity index (χ4v) is 3.27. The molecule has 1 aliphatic rings. The van der Waals surface area contributed by atoms with Gasteiger partial charge in [-0.1, -0.05) is 0 Å². The topological polar surface area (TPSA) is 96.6 Å². The molecule has 6 nitrogen and oxygen atoms in total. The van der Waals surface area contributed by atoms with Crippen LogP contribution >= 0.6 is 0 Å². The fraction of sp³-hybridized carbons (Fsp3) is 0.889. The predicted octanol–water partition coefficient (Wildman–Crippen LogP) is -0.619. The summed E-state index contributed by atoms with van der Waals surface area (Å²) < 4.78 is 22.8. The van der Waals surface area contributed by atoms with E-state index in [1.54, 1.807) is 0 Å². The summed E-state index contributed by atoms with van der Waals surface area (Å²) in [5.41, 5.74) is 2.45. The highest BCUT2D eigenvalue weighted by Gasteiger charge is 2.24. The standard InChI is InChI=1S/C9H20N4O2S/c1-7(2)11-9(13-10)12-8-4-3-5-16(14,15)6-8/h7-8H,3-6,10H2,1-2H3,(H2,11,12,13). The maximum Gasteiger partial charge on any atom is 0.206 e. The lowest BCUT2D eigenvalue weighted by Gasteiger charge is -2.20. The Bertz CT molecular complexity index is 351. The van der Waals surface area contributed by atoms with E-state index in [0.717, 1.165) is 6.42 Å². The molecular weight excluding hydrogens is 228 g/mol. The lowest BCUT2D eigenvalue weighted by atomic mass is 10.2. The third-order valence-corrected chi connectivity index (χ3v) is 4.12. The lowest BCUT2D eigenvalue weighted by molar-refractivity contribution is 0.549. The van der Waals surface area contributed by atoms with Gasteiger partial charge in [0, 0.05) is 6.04 Å². The zero-order valence-corrected chi connectivity index (χ0v) is 10.5. The van der Waals surface area contributed by atoms with Crippen LogP contribution in [-0.2, 0) is 9.84 Å². The van der Waals surface area contributed by atoms with Crippen LogP contribution in [0, 0.1) is 0 Å². The highest BCUT2D eigenvalue weighted by atomic mass is 32.2. The Morgan fingerprint density at radius 3 is 2.69 bits per heavy atom. The number of aliphatic imine (C=N–C) groups is 1. The second-order valence-electron chi connectivity index (χ2n) is 4.33. The zero-order valence-electron chi connectivity index (χ0n) is 9.73. The molecule has 4 N–H and O–H groups in total. The Kier molecular flexibility index (Phi) is 4.55. The van der Waals surface area contributed by atoms with Crippen molar-refractivity contribution in [2.24, 2.45) is 10.8 Å². The fourth-order valence-electron chi connectivity index (χ4n) is 1.67. The lowest BCUT2D eigenvalue weighted by Crippen LogP contribution is -2.46. The molecule has 0 amide bonds. The van der Waals surface area contributed by atoms with Crippen molar-refractivity contribution in [1.29, 1.82) is 0 Å². The van der Waals surface area contributed by atoms with Gasteiger partial charge in [0.15, 0.2) is 9.84 Å². The summed E-state index contributed by atoms with van der Waals surface area (Å²) in [6, 6.07) is 0.0195. The number of nitrogens with two attached hydrogens (primary N) is 1. The summed E-state index contributed by atoms with van der Waals surface area (Å²) >= 11 is 0. The van der Waals surface area contributed by atoms with Gasteiger partial charge in [-0.25, -0.2) is 19.3 Å². The molecule has 1 heterocycles. The van der Waals surface area contributed by atoms with E-state index in [2.05, 4.69) is 15.7 Å². The van der Waals surface area contributed by atoms with E-state index in [1.807, 2.05) is 13.8 Å². The first-order valence-corrected chi connectivity index (χ1v) is 7.26. The minimum Gasteiger partial charge on any atom is -0.353 e. The van der Waals surface area contributed by atoms with Crippen molar-refractivity contribution in [2.75, 3.05) is 11.5 Å². The molecule has 94 valence electrons. The van der Waals surface area contributed by atoms with Crippen LogP contribution in [0.15, 0.2) is 4.99 Å². The molecule has 0 radical (unpaired) electrons. The van der Waals surface area contributed by atoms with E-state index >= 15 is 0 Å². The zero-order chi connectivity index (χ0) is 12.2. The number of nitrogens with zero attached hydrogens (tertiary/aromatic N) is 1. The van der Waals surface area contributed by atoms with Gasteiger partial charge in [-0.05, 0) is 26.7 Å². The van der Waals surface area contributed by atoms with Gasteiger partial charge in [-0.2, -0.15) is 0 Å². The quantitative estimate of drug-likeness (QED) is 0.262. The van der Waals surface area contributed by atoms with Crippen molar-refractivity contribution >= 4 is 15.8 Å². The van der Waals surface area contributed by atoms with Crippen molar-refractivity contribution in [3.8, 4) is 0 Å². The number of rotatable bonds is 2. The molecule has 1 aliphatic heterocycles.